The average molecular weight is 267 g/mol. The van der Waals surface area contributed by atoms with Crippen LogP contribution in [0.2, 0.25) is 0 Å². The highest BCUT2D eigenvalue weighted by molar-refractivity contribution is 9.09. The highest BCUT2D eigenvalue weighted by Gasteiger charge is 2.36. The molecule has 0 aliphatic rings. The molecule has 0 amide bonds. The summed E-state index contributed by atoms with van der Waals surface area (Å²) in [7, 11) is -3.62. The Bertz CT molecular complexity index is 182. The van der Waals surface area contributed by atoms with Crippen molar-refractivity contribution in [3.63, 3.8) is 0 Å². The fourth-order valence-corrected chi connectivity index (χ4v) is 2.27. The Morgan fingerprint density at radius 2 is 2.00 bits per heavy atom. The zero-order valence-electron chi connectivity index (χ0n) is 6.72. The third kappa shape index (κ3) is 5.19. The van der Waals surface area contributed by atoms with E-state index in [2.05, 4.69) is 9.05 Å². The van der Waals surface area contributed by atoms with E-state index in [1.54, 1.807) is 6.92 Å². The molecule has 0 aromatic rings. The third-order valence-electron chi connectivity index (χ3n) is 0.956. The van der Waals surface area contributed by atoms with E-state index >= 15 is 0 Å². The number of halogens is 3. The van der Waals surface area contributed by atoms with E-state index in [1.165, 1.54) is 6.92 Å². The van der Waals surface area contributed by atoms with Crippen molar-refractivity contribution in [1.29, 1.82) is 0 Å². The predicted octanol–water partition coefficient (Wildman–Crippen LogP) is 3.20. The van der Waals surface area contributed by atoms with E-state index in [0.717, 1.165) is 0 Å². The minimum Gasteiger partial charge on any atom is -0.309 e. The van der Waals surface area contributed by atoms with Gasteiger partial charge in [-0.1, -0.05) is 6.92 Å². The summed E-state index contributed by atoms with van der Waals surface area (Å²) in [6.45, 7) is 3.08. The van der Waals surface area contributed by atoms with Crippen LogP contribution in [0.1, 0.15) is 13.8 Å². The summed E-state index contributed by atoms with van der Waals surface area (Å²) in [6.07, 6.45) is -0.0813. The summed E-state index contributed by atoms with van der Waals surface area (Å²) in [6, 6.07) is 0. The molecular formula is C5H10BrF2O3P. The van der Waals surface area contributed by atoms with Crippen LogP contribution in [0.15, 0.2) is 0 Å². The van der Waals surface area contributed by atoms with Crippen molar-refractivity contribution in [3.05, 3.63) is 0 Å². The SMILES string of the molecule is CCOP(=O)(CC)OC(F)(F)Br. The van der Waals surface area contributed by atoms with Gasteiger partial charge in [-0.3, -0.25) is 4.57 Å². The molecule has 7 heteroatoms. The zero-order valence-corrected chi connectivity index (χ0v) is 9.20. The van der Waals surface area contributed by atoms with Crippen LogP contribution in [-0.2, 0) is 13.6 Å². The predicted molar refractivity (Wildman–Crippen MR) is 44.7 cm³/mol. The molecule has 0 aliphatic heterocycles. The molecule has 0 aromatic carbocycles. The van der Waals surface area contributed by atoms with Gasteiger partial charge in [-0.05, 0) is 6.92 Å². The molecule has 0 saturated heterocycles. The third-order valence-corrected chi connectivity index (χ3v) is 3.30. The molecule has 0 fully saturated rings. The Morgan fingerprint density at radius 1 is 1.50 bits per heavy atom. The van der Waals surface area contributed by atoms with Crippen LogP contribution in [-0.4, -0.2) is 17.8 Å². The molecular weight excluding hydrogens is 257 g/mol. The Labute approximate surface area is 78.1 Å². The maximum absolute atomic E-state index is 12.2. The van der Waals surface area contributed by atoms with Gasteiger partial charge in [-0.2, -0.15) is 8.78 Å². The lowest BCUT2D eigenvalue weighted by Crippen LogP contribution is -2.11. The summed E-state index contributed by atoms with van der Waals surface area (Å²) in [5.41, 5.74) is 0. The molecule has 12 heavy (non-hydrogen) atoms. The molecule has 0 aliphatic carbocycles. The van der Waals surface area contributed by atoms with Gasteiger partial charge < -0.3 is 4.52 Å². The molecule has 1 atom stereocenters. The van der Waals surface area contributed by atoms with Crippen molar-refractivity contribution in [2.45, 2.75) is 18.9 Å². The smallest absolute Gasteiger partial charge is 0.309 e. The number of hydrogen-bond donors (Lipinski definition) is 0. The van der Waals surface area contributed by atoms with Crippen LogP contribution in [0.25, 0.3) is 0 Å². The number of rotatable bonds is 5. The van der Waals surface area contributed by atoms with Gasteiger partial charge in [0, 0.05) is 22.1 Å². The largest absolute Gasteiger partial charge is 0.421 e. The molecule has 1 unspecified atom stereocenters. The lowest BCUT2D eigenvalue weighted by molar-refractivity contribution is -0.0883. The Morgan fingerprint density at radius 3 is 2.25 bits per heavy atom. The minimum absolute atomic E-state index is 0.0776. The van der Waals surface area contributed by atoms with Crippen molar-refractivity contribution < 1.29 is 22.4 Å². The molecule has 3 nitrogen and oxygen atoms in total. The Balaban J connectivity index is 4.25. The molecule has 0 bridgehead atoms. The van der Waals surface area contributed by atoms with E-state index in [-0.39, 0.29) is 12.8 Å². The maximum Gasteiger partial charge on any atom is 0.421 e. The van der Waals surface area contributed by atoms with Gasteiger partial charge >= 0.3 is 12.6 Å². The van der Waals surface area contributed by atoms with Gasteiger partial charge in [0.05, 0.1) is 6.61 Å². The van der Waals surface area contributed by atoms with Crippen LogP contribution >= 0.6 is 23.5 Å². The van der Waals surface area contributed by atoms with Gasteiger partial charge in [-0.25, -0.2) is 4.52 Å². The maximum atomic E-state index is 12.2. The Hall–Kier alpha value is 0.490. The van der Waals surface area contributed by atoms with Gasteiger partial charge in [0.2, 0.25) is 0 Å². The molecule has 0 rings (SSSR count). The standard InChI is InChI=1S/C5H10BrF2O3P/c1-3-10-12(9,4-2)11-5(6,7)8/h3-4H2,1-2H3. The second kappa shape index (κ2) is 4.65. The van der Waals surface area contributed by atoms with Gasteiger partial charge in [0.25, 0.3) is 0 Å². The molecule has 0 aromatic heterocycles. The molecule has 0 spiro atoms. The Kier molecular flexibility index (Phi) is 4.84. The second-order valence-corrected chi connectivity index (χ2v) is 5.10. The van der Waals surface area contributed by atoms with Crippen molar-refractivity contribution in [2.24, 2.45) is 0 Å². The topological polar surface area (TPSA) is 35.5 Å². The first kappa shape index (κ1) is 12.5. The van der Waals surface area contributed by atoms with E-state index in [0.29, 0.717) is 0 Å². The molecule has 0 saturated carbocycles. The van der Waals surface area contributed by atoms with Gasteiger partial charge in [0.1, 0.15) is 0 Å². The highest BCUT2D eigenvalue weighted by Crippen LogP contribution is 2.53. The van der Waals surface area contributed by atoms with Crippen molar-refractivity contribution in [3.8, 4) is 0 Å². The van der Waals surface area contributed by atoms with E-state index < -0.39 is 12.6 Å². The van der Waals surface area contributed by atoms with Gasteiger partial charge in [0.15, 0.2) is 0 Å². The van der Waals surface area contributed by atoms with E-state index in [4.69, 9.17) is 0 Å². The first-order chi connectivity index (χ1) is 5.33. The van der Waals surface area contributed by atoms with Crippen LogP contribution in [0.4, 0.5) is 8.78 Å². The molecule has 0 heterocycles. The number of alkyl halides is 3. The average Bonchev–Trinajstić information content (AvgIpc) is 1.84. The fourth-order valence-electron chi connectivity index (χ4n) is 0.537. The monoisotopic (exact) mass is 266 g/mol. The van der Waals surface area contributed by atoms with Gasteiger partial charge in [-0.15, -0.1) is 0 Å². The first-order valence-corrected chi connectivity index (χ1v) is 5.86. The quantitative estimate of drug-likeness (QED) is 0.566. The number of hydrogen-bond acceptors (Lipinski definition) is 3. The van der Waals surface area contributed by atoms with Crippen LogP contribution in [0, 0.1) is 0 Å². The molecule has 0 N–H and O–H groups in total. The minimum atomic E-state index is -3.62. The second-order valence-electron chi connectivity index (χ2n) is 1.88. The lowest BCUT2D eigenvalue weighted by Gasteiger charge is -2.18. The summed E-state index contributed by atoms with van der Waals surface area (Å²) >= 11 is 1.92. The molecule has 0 radical (unpaired) electrons. The fraction of sp³-hybridized carbons (Fsp3) is 1.00. The van der Waals surface area contributed by atoms with E-state index in [1.807, 2.05) is 15.9 Å². The van der Waals surface area contributed by atoms with E-state index in [9.17, 15) is 13.3 Å². The summed E-state index contributed by atoms with van der Waals surface area (Å²) in [4.78, 5) is 0. The zero-order chi connectivity index (χ0) is 9.83. The van der Waals surface area contributed by atoms with Crippen LogP contribution < -0.4 is 0 Å². The summed E-state index contributed by atoms with van der Waals surface area (Å²) in [5.74, 6) is 0. The lowest BCUT2D eigenvalue weighted by atomic mass is 10.9. The summed E-state index contributed by atoms with van der Waals surface area (Å²) < 4.78 is 44.1. The first-order valence-electron chi connectivity index (χ1n) is 3.34. The van der Waals surface area contributed by atoms with Crippen LogP contribution in [0.5, 0.6) is 0 Å². The normalized spacial score (nSPS) is 17.4. The van der Waals surface area contributed by atoms with Crippen molar-refractivity contribution >= 4 is 23.5 Å². The van der Waals surface area contributed by atoms with Crippen molar-refractivity contribution in [1.82, 2.24) is 0 Å². The highest BCUT2D eigenvalue weighted by atomic mass is 79.9. The molecule has 74 valence electrons. The van der Waals surface area contributed by atoms with Crippen molar-refractivity contribution in [2.75, 3.05) is 12.8 Å². The summed E-state index contributed by atoms with van der Waals surface area (Å²) in [5, 5.41) is -3.59. The van der Waals surface area contributed by atoms with Crippen LogP contribution in [0.3, 0.4) is 0 Å².